The van der Waals surface area contributed by atoms with Crippen molar-refractivity contribution in [1.29, 1.82) is 0 Å². The molecule has 1 aromatic rings. The molecule has 0 aromatic carbocycles. The minimum absolute atomic E-state index is 0.00555. The van der Waals surface area contributed by atoms with Crippen molar-refractivity contribution < 1.29 is 9.59 Å². The second-order valence-electron chi connectivity index (χ2n) is 4.30. The minimum Gasteiger partial charge on any atom is -0.294 e. The zero-order chi connectivity index (χ0) is 14.2. The molecule has 0 bridgehead atoms. The summed E-state index contributed by atoms with van der Waals surface area (Å²) in [6, 6.07) is 1.58. The first-order chi connectivity index (χ1) is 8.88. The van der Waals surface area contributed by atoms with E-state index in [0.29, 0.717) is 34.5 Å². The number of halogens is 2. The lowest BCUT2D eigenvalue weighted by Crippen LogP contribution is -2.26. The maximum atomic E-state index is 12.0. The van der Waals surface area contributed by atoms with E-state index in [4.69, 9.17) is 23.2 Å². The first kappa shape index (κ1) is 14.6. The van der Waals surface area contributed by atoms with Gasteiger partial charge in [-0.3, -0.25) is 14.5 Å². The molecule has 7 heteroatoms. The highest BCUT2D eigenvalue weighted by Gasteiger charge is 2.33. The molecule has 1 aliphatic heterocycles. The fraction of sp³-hybridized carbons (Fsp3) is 0.417. The highest BCUT2D eigenvalue weighted by atomic mass is 35.5. The molecule has 0 N–H and O–H groups in total. The highest BCUT2D eigenvalue weighted by Crippen LogP contribution is 2.33. The van der Waals surface area contributed by atoms with E-state index < -0.39 is 0 Å². The number of carbonyl (C=O) groups is 2. The van der Waals surface area contributed by atoms with Gasteiger partial charge in [0.05, 0.1) is 15.7 Å². The van der Waals surface area contributed by atoms with Gasteiger partial charge in [-0.1, -0.05) is 35.0 Å². The van der Waals surface area contributed by atoms with E-state index >= 15 is 0 Å². The summed E-state index contributed by atoms with van der Waals surface area (Å²) < 4.78 is 0. The van der Waals surface area contributed by atoms with Crippen LogP contribution in [0.4, 0.5) is 5.82 Å². The van der Waals surface area contributed by atoms with Crippen molar-refractivity contribution in [2.24, 2.45) is 0 Å². The van der Waals surface area contributed by atoms with E-state index in [-0.39, 0.29) is 16.3 Å². The Morgan fingerprint density at radius 1 is 1.47 bits per heavy atom. The molecule has 2 heterocycles. The summed E-state index contributed by atoms with van der Waals surface area (Å²) in [7, 11) is 0. The number of aromatic nitrogens is 1. The summed E-state index contributed by atoms with van der Waals surface area (Å²) in [6.45, 7) is 3.69. The molecular weight excluding hydrogens is 307 g/mol. The Morgan fingerprint density at radius 3 is 2.79 bits per heavy atom. The number of hydrogen-bond acceptors (Lipinski definition) is 4. The smallest absolute Gasteiger partial charge is 0.229 e. The molecule has 1 amide bonds. The summed E-state index contributed by atoms with van der Waals surface area (Å²) in [5.74, 6) is 0.343. The molecule has 1 aromatic heterocycles. The summed E-state index contributed by atoms with van der Waals surface area (Å²) in [4.78, 5) is 28.9. The molecule has 1 atom stereocenters. The molecule has 1 aliphatic rings. The van der Waals surface area contributed by atoms with Crippen LogP contribution in [0.1, 0.15) is 19.0 Å². The summed E-state index contributed by atoms with van der Waals surface area (Å²) in [5.41, 5.74) is 0.622. The third-order valence-corrected chi connectivity index (χ3v) is 4.41. The van der Waals surface area contributed by atoms with Gasteiger partial charge in [0.2, 0.25) is 5.91 Å². The van der Waals surface area contributed by atoms with E-state index in [1.807, 2.05) is 0 Å². The second-order valence-corrected chi connectivity index (χ2v) is 6.59. The molecular formula is C12H12Cl2N2O2S. The maximum absolute atomic E-state index is 12.0. The zero-order valence-electron chi connectivity index (χ0n) is 10.4. The summed E-state index contributed by atoms with van der Waals surface area (Å²) in [5, 5.41) is 0.775. The van der Waals surface area contributed by atoms with Crippen LogP contribution in [0.15, 0.2) is 6.07 Å². The standard InChI is InChI=1S/C12H12Cl2N2O2S/c1-6-9(13)4-10(14)12(15-6)16-5-8(3-11(16)18)19-7(2)17/h4,8H,3,5H2,1-2H3. The summed E-state index contributed by atoms with van der Waals surface area (Å²) in [6.07, 6.45) is 0.323. The SMILES string of the molecule is CC(=O)SC1CC(=O)N(c2nc(C)c(Cl)cc2Cl)C1. The van der Waals surface area contributed by atoms with Crippen LogP contribution in [-0.2, 0) is 9.59 Å². The average molecular weight is 319 g/mol. The second kappa shape index (κ2) is 5.69. The van der Waals surface area contributed by atoms with E-state index in [0.717, 1.165) is 0 Å². The normalized spacial score (nSPS) is 19.1. The molecule has 4 nitrogen and oxygen atoms in total. The van der Waals surface area contributed by atoms with Gasteiger partial charge in [0.1, 0.15) is 0 Å². The van der Waals surface area contributed by atoms with Crippen LogP contribution in [0, 0.1) is 6.92 Å². The van der Waals surface area contributed by atoms with Crippen LogP contribution in [0.3, 0.4) is 0 Å². The quantitative estimate of drug-likeness (QED) is 0.840. The first-order valence-electron chi connectivity index (χ1n) is 5.68. The lowest BCUT2D eigenvalue weighted by atomic mass is 10.3. The Hall–Kier alpha value is -0.780. The van der Waals surface area contributed by atoms with E-state index in [2.05, 4.69) is 4.98 Å². The van der Waals surface area contributed by atoms with Gasteiger partial charge in [0, 0.05) is 25.1 Å². The molecule has 1 saturated heterocycles. The minimum atomic E-state index is -0.0742. The van der Waals surface area contributed by atoms with Gasteiger partial charge in [-0.05, 0) is 13.0 Å². The molecule has 1 fully saturated rings. The van der Waals surface area contributed by atoms with Gasteiger partial charge < -0.3 is 0 Å². The van der Waals surface area contributed by atoms with E-state index in [1.54, 1.807) is 13.0 Å². The number of carbonyl (C=O) groups excluding carboxylic acids is 2. The number of pyridine rings is 1. The Bertz CT molecular complexity index is 551. The van der Waals surface area contributed by atoms with Crippen molar-refractivity contribution in [1.82, 2.24) is 4.98 Å². The monoisotopic (exact) mass is 318 g/mol. The number of aryl methyl sites for hydroxylation is 1. The molecule has 0 saturated carbocycles. The third-order valence-electron chi connectivity index (χ3n) is 2.76. The number of rotatable bonds is 2. The first-order valence-corrected chi connectivity index (χ1v) is 7.32. The fourth-order valence-electron chi connectivity index (χ4n) is 1.93. The molecule has 2 rings (SSSR count). The highest BCUT2D eigenvalue weighted by molar-refractivity contribution is 8.14. The Balaban J connectivity index is 2.25. The Kier molecular flexibility index (Phi) is 4.38. The largest absolute Gasteiger partial charge is 0.294 e. The molecule has 0 aliphatic carbocycles. The van der Waals surface area contributed by atoms with Crippen molar-refractivity contribution in [3.05, 3.63) is 21.8 Å². The van der Waals surface area contributed by atoms with Crippen molar-refractivity contribution >= 4 is 51.8 Å². The van der Waals surface area contributed by atoms with Gasteiger partial charge in [0.25, 0.3) is 0 Å². The van der Waals surface area contributed by atoms with Crippen molar-refractivity contribution in [2.75, 3.05) is 11.4 Å². The fourth-order valence-corrected chi connectivity index (χ4v) is 3.31. The van der Waals surface area contributed by atoms with Gasteiger partial charge in [-0.2, -0.15) is 0 Å². The topological polar surface area (TPSA) is 50.3 Å². The van der Waals surface area contributed by atoms with Gasteiger partial charge in [-0.25, -0.2) is 4.98 Å². The molecule has 19 heavy (non-hydrogen) atoms. The van der Waals surface area contributed by atoms with Crippen LogP contribution in [-0.4, -0.2) is 27.8 Å². The van der Waals surface area contributed by atoms with E-state index in [1.165, 1.54) is 23.6 Å². The average Bonchev–Trinajstić information content (AvgIpc) is 2.63. The van der Waals surface area contributed by atoms with Crippen LogP contribution >= 0.6 is 35.0 Å². The lowest BCUT2D eigenvalue weighted by molar-refractivity contribution is -0.117. The van der Waals surface area contributed by atoms with Crippen LogP contribution < -0.4 is 4.90 Å². The van der Waals surface area contributed by atoms with Crippen LogP contribution in [0.25, 0.3) is 0 Å². The lowest BCUT2D eigenvalue weighted by Gasteiger charge is -2.17. The Labute approximate surface area is 125 Å². The molecule has 1 unspecified atom stereocenters. The van der Waals surface area contributed by atoms with Gasteiger partial charge in [-0.15, -0.1) is 0 Å². The van der Waals surface area contributed by atoms with Crippen LogP contribution in [0.2, 0.25) is 10.0 Å². The number of anilines is 1. The molecule has 0 spiro atoms. The number of nitrogens with zero attached hydrogens (tertiary/aromatic N) is 2. The van der Waals surface area contributed by atoms with Gasteiger partial charge >= 0.3 is 0 Å². The predicted molar refractivity (Wildman–Crippen MR) is 78.0 cm³/mol. The molecule has 102 valence electrons. The van der Waals surface area contributed by atoms with Crippen molar-refractivity contribution in [2.45, 2.75) is 25.5 Å². The van der Waals surface area contributed by atoms with E-state index in [9.17, 15) is 9.59 Å². The van der Waals surface area contributed by atoms with Crippen LogP contribution in [0.5, 0.6) is 0 Å². The number of thioether (sulfide) groups is 1. The number of amides is 1. The molecule has 0 radical (unpaired) electrons. The summed E-state index contributed by atoms with van der Waals surface area (Å²) >= 11 is 13.2. The maximum Gasteiger partial charge on any atom is 0.229 e. The van der Waals surface area contributed by atoms with Crippen molar-refractivity contribution in [3.8, 4) is 0 Å². The van der Waals surface area contributed by atoms with Gasteiger partial charge in [0.15, 0.2) is 10.9 Å². The zero-order valence-corrected chi connectivity index (χ0v) is 12.8. The third kappa shape index (κ3) is 3.22. The van der Waals surface area contributed by atoms with Crippen molar-refractivity contribution in [3.63, 3.8) is 0 Å². The number of hydrogen-bond donors (Lipinski definition) is 0. The Morgan fingerprint density at radius 2 is 2.16 bits per heavy atom. The predicted octanol–water partition coefficient (Wildman–Crippen LogP) is 3.08.